The Hall–Kier alpha value is -0.520. The van der Waals surface area contributed by atoms with Crippen LogP contribution in [0, 0.1) is 5.92 Å². The molecule has 0 fully saturated rings. The zero-order valence-corrected chi connectivity index (χ0v) is 10.5. The van der Waals surface area contributed by atoms with Crippen LogP contribution in [-0.4, -0.2) is 20.2 Å². The van der Waals surface area contributed by atoms with E-state index in [1.54, 1.807) is 5.57 Å². The molecule has 2 nitrogen and oxygen atoms in total. The van der Waals surface area contributed by atoms with Crippen LogP contribution in [0.5, 0.6) is 0 Å². The lowest BCUT2D eigenvalue weighted by atomic mass is 9.93. The molecule has 16 heavy (non-hydrogen) atoms. The summed E-state index contributed by atoms with van der Waals surface area (Å²) in [6.07, 6.45) is 6.65. The van der Waals surface area contributed by atoms with Gasteiger partial charge in [-0.05, 0) is 32.1 Å². The average molecular weight is 258 g/mol. The molecule has 0 saturated heterocycles. The van der Waals surface area contributed by atoms with Crippen molar-refractivity contribution in [2.24, 2.45) is 5.92 Å². The topological polar surface area (TPSA) is 34.1 Å². The van der Waals surface area contributed by atoms with E-state index in [-0.39, 0.29) is 6.26 Å². The zero-order chi connectivity index (χ0) is 13.0. The van der Waals surface area contributed by atoms with E-state index >= 15 is 0 Å². The van der Waals surface area contributed by atoms with Crippen molar-refractivity contribution in [1.29, 1.82) is 0 Å². The van der Waals surface area contributed by atoms with Gasteiger partial charge < -0.3 is 0 Å². The summed E-state index contributed by atoms with van der Waals surface area (Å²) in [5, 5.41) is 0. The Kier molecular flexibility index (Phi) is 5.52. The zero-order valence-electron chi connectivity index (χ0n) is 9.63. The third-order valence-corrected chi connectivity index (χ3v) is 3.06. The Morgan fingerprint density at radius 3 is 2.00 bits per heavy atom. The van der Waals surface area contributed by atoms with Crippen molar-refractivity contribution in [3.63, 3.8) is 0 Å². The van der Waals surface area contributed by atoms with Crippen LogP contribution in [0.25, 0.3) is 0 Å². The minimum absolute atomic E-state index is 0.118. The highest BCUT2D eigenvalue weighted by molar-refractivity contribution is 7.91. The lowest BCUT2D eigenvalue weighted by Crippen LogP contribution is -2.20. The molecule has 0 aromatic carbocycles. The second-order valence-corrected chi connectivity index (χ2v) is 6.11. The highest BCUT2D eigenvalue weighted by Gasteiger charge is 2.41. The standard InChI is InChI=1S/C8H14.C2H3F3O2S/c1-7-4-3-5-8(2)6-7;1-8(6,7)2(3,4)5/h6-7H,3-5H2,1-2H3;1H3. The first-order valence-electron chi connectivity index (χ1n) is 4.97. The van der Waals surface area contributed by atoms with Gasteiger partial charge in [-0.25, -0.2) is 8.42 Å². The third kappa shape index (κ3) is 6.15. The van der Waals surface area contributed by atoms with Crippen LogP contribution < -0.4 is 0 Å². The molecule has 1 aliphatic carbocycles. The number of hydrogen-bond donors (Lipinski definition) is 0. The van der Waals surface area contributed by atoms with Crippen LogP contribution in [0.1, 0.15) is 33.1 Å². The van der Waals surface area contributed by atoms with Crippen LogP contribution in [0.2, 0.25) is 0 Å². The summed E-state index contributed by atoms with van der Waals surface area (Å²) in [5.74, 6) is 0.851. The fourth-order valence-electron chi connectivity index (χ4n) is 1.36. The third-order valence-electron chi connectivity index (χ3n) is 2.22. The molecule has 6 heteroatoms. The number of alkyl halides is 3. The summed E-state index contributed by atoms with van der Waals surface area (Å²) in [5.41, 5.74) is -3.50. The molecule has 0 amide bonds. The van der Waals surface area contributed by atoms with Gasteiger partial charge in [-0.3, -0.25) is 0 Å². The molecule has 0 aliphatic heterocycles. The van der Waals surface area contributed by atoms with Crippen molar-refractivity contribution in [2.45, 2.75) is 38.6 Å². The Labute approximate surface area is 94.5 Å². The fourth-order valence-corrected chi connectivity index (χ4v) is 1.36. The Balaban J connectivity index is 0.000000281. The molecule has 0 bridgehead atoms. The van der Waals surface area contributed by atoms with Gasteiger partial charge in [-0.1, -0.05) is 18.6 Å². The van der Waals surface area contributed by atoms with Crippen LogP contribution in [0.15, 0.2) is 11.6 Å². The Morgan fingerprint density at radius 2 is 1.81 bits per heavy atom. The molecule has 0 saturated carbocycles. The van der Waals surface area contributed by atoms with Gasteiger partial charge in [0.05, 0.1) is 0 Å². The highest BCUT2D eigenvalue weighted by atomic mass is 32.2. The smallest absolute Gasteiger partial charge is 0.220 e. The maximum absolute atomic E-state index is 11.0. The van der Waals surface area contributed by atoms with E-state index in [1.807, 2.05) is 0 Å². The molecule has 0 N–H and O–H groups in total. The maximum atomic E-state index is 11.0. The van der Waals surface area contributed by atoms with Crippen molar-refractivity contribution in [2.75, 3.05) is 6.26 Å². The summed E-state index contributed by atoms with van der Waals surface area (Å²) in [7, 11) is -4.84. The lowest BCUT2D eigenvalue weighted by molar-refractivity contribution is -0.0429. The van der Waals surface area contributed by atoms with Gasteiger partial charge in [0.15, 0.2) is 0 Å². The van der Waals surface area contributed by atoms with Crippen molar-refractivity contribution in [1.82, 2.24) is 0 Å². The normalized spacial score (nSPS) is 21.9. The number of hydrogen-bond acceptors (Lipinski definition) is 2. The molecule has 0 radical (unpaired) electrons. The van der Waals surface area contributed by atoms with Gasteiger partial charge in [0.1, 0.15) is 0 Å². The van der Waals surface area contributed by atoms with Crippen molar-refractivity contribution >= 4 is 9.84 Å². The molecule has 1 aliphatic rings. The average Bonchev–Trinajstić information content (AvgIpc) is 2.00. The summed E-state index contributed by atoms with van der Waals surface area (Å²) in [6.45, 7) is 4.53. The molecule has 1 atom stereocenters. The predicted molar refractivity (Wildman–Crippen MR) is 57.7 cm³/mol. The first-order valence-corrected chi connectivity index (χ1v) is 6.87. The van der Waals surface area contributed by atoms with Gasteiger partial charge in [0.25, 0.3) is 0 Å². The summed E-state index contributed by atoms with van der Waals surface area (Å²) >= 11 is 0. The fraction of sp³-hybridized carbons (Fsp3) is 0.800. The van der Waals surface area contributed by atoms with Gasteiger partial charge in [0, 0.05) is 6.26 Å². The largest absolute Gasteiger partial charge is 0.497 e. The van der Waals surface area contributed by atoms with Crippen LogP contribution in [-0.2, 0) is 9.84 Å². The van der Waals surface area contributed by atoms with Crippen molar-refractivity contribution in [3.05, 3.63) is 11.6 Å². The van der Waals surface area contributed by atoms with Crippen molar-refractivity contribution in [3.8, 4) is 0 Å². The molecule has 96 valence electrons. The number of allylic oxidation sites excluding steroid dienone is 2. The molecule has 0 aromatic rings. The van der Waals surface area contributed by atoms with E-state index in [0.29, 0.717) is 0 Å². The number of rotatable bonds is 0. The van der Waals surface area contributed by atoms with Gasteiger partial charge in [0.2, 0.25) is 9.84 Å². The molecular weight excluding hydrogens is 241 g/mol. The van der Waals surface area contributed by atoms with Crippen LogP contribution in [0.3, 0.4) is 0 Å². The molecule has 0 heterocycles. The molecule has 0 aromatic heterocycles. The van der Waals surface area contributed by atoms with E-state index in [2.05, 4.69) is 19.9 Å². The molecule has 1 unspecified atom stereocenters. The van der Waals surface area contributed by atoms with E-state index in [1.165, 1.54) is 19.3 Å². The first-order chi connectivity index (χ1) is 7.04. The minimum Gasteiger partial charge on any atom is -0.220 e. The summed E-state index contributed by atoms with van der Waals surface area (Å²) < 4.78 is 52.0. The van der Waals surface area contributed by atoms with E-state index in [0.717, 1.165) is 5.92 Å². The first kappa shape index (κ1) is 15.5. The summed E-state index contributed by atoms with van der Waals surface area (Å²) in [6, 6.07) is 0. The van der Waals surface area contributed by atoms with Gasteiger partial charge >= 0.3 is 5.51 Å². The van der Waals surface area contributed by atoms with Gasteiger partial charge in [-0.2, -0.15) is 13.2 Å². The number of halogens is 3. The molecule has 1 rings (SSSR count). The SMILES string of the molecule is CC1=CC(C)CCC1.CS(=O)(=O)C(F)(F)F. The van der Waals surface area contributed by atoms with Crippen molar-refractivity contribution < 1.29 is 21.6 Å². The lowest BCUT2D eigenvalue weighted by Gasteiger charge is -2.13. The Bertz CT molecular complexity index is 342. The second kappa shape index (κ2) is 5.70. The molecular formula is C10H17F3O2S. The van der Waals surface area contributed by atoms with Gasteiger partial charge in [-0.15, -0.1) is 0 Å². The number of sulfone groups is 1. The Morgan fingerprint density at radius 1 is 1.38 bits per heavy atom. The van der Waals surface area contributed by atoms with E-state index < -0.39 is 15.3 Å². The maximum Gasteiger partial charge on any atom is 0.497 e. The molecule has 0 spiro atoms. The highest BCUT2D eigenvalue weighted by Crippen LogP contribution is 2.21. The monoisotopic (exact) mass is 258 g/mol. The van der Waals surface area contributed by atoms with E-state index in [9.17, 15) is 21.6 Å². The quantitative estimate of drug-likeness (QED) is 0.625. The second-order valence-electron chi connectivity index (χ2n) is 4.10. The predicted octanol–water partition coefficient (Wildman–Crippen LogP) is 3.30. The summed E-state index contributed by atoms with van der Waals surface area (Å²) in [4.78, 5) is 0. The van der Waals surface area contributed by atoms with Crippen LogP contribution in [0.4, 0.5) is 13.2 Å². The van der Waals surface area contributed by atoms with Crippen LogP contribution >= 0.6 is 0 Å². The minimum atomic E-state index is -5.09. The van der Waals surface area contributed by atoms with E-state index in [4.69, 9.17) is 0 Å².